The first kappa shape index (κ1) is 14.5. The molecule has 1 heterocycles. The van der Waals surface area contributed by atoms with E-state index in [2.05, 4.69) is 21.2 Å². The number of benzene rings is 2. The van der Waals surface area contributed by atoms with Crippen LogP contribution in [0.15, 0.2) is 53.0 Å². The minimum absolute atomic E-state index is 0.0692. The fourth-order valence-electron chi connectivity index (χ4n) is 2.68. The van der Waals surface area contributed by atoms with Crippen LogP contribution in [-0.2, 0) is 5.41 Å². The Morgan fingerprint density at radius 3 is 2.52 bits per heavy atom. The Morgan fingerprint density at radius 2 is 1.90 bits per heavy atom. The molecule has 0 amide bonds. The first-order valence-corrected chi connectivity index (χ1v) is 7.82. The summed E-state index contributed by atoms with van der Waals surface area (Å²) in [6, 6.07) is 14.7. The minimum atomic E-state index is -0.188. The molecule has 3 rings (SSSR count). The predicted octanol–water partition coefficient (Wildman–Crippen LogP) is 3.90. The second kappa shape index (κ2) is 6.16. The lowest BCUT2D eigenvalue weighted by atomic mass is 9.73. The van der Waals surface area contributed by atoms with Crippen LogP contribution in [0.4, 0.5) is 4.39 Å². The van der Waals surface area contributed by atoms with Crippen LogP contribution in [0.3, 0.4) is 0 Å². The highest BCUT2D eigenvalue weighted by Crippen LogP contribution is 2.32. The number of nitrogens with one attached hydrogen (secondary N) is 1. The first-order chi connectivity index (χ1) is 10.2. The van der Waals surface area contributed by atoms with Crippen molar-refractivity contribution >= 4 is 15.9 Å². The summed E-state index contributed by atoms with van der Waals surface area (Å²) in [5, 5.41) is 3.32. The summed E-state index contributed by atoms with van der Waals surface area (Å²) in [4.78, 5) is 0. The van der Waals surface area contributed by atoms with E-state index in [1.54, 1.807) is 0 Å². The van der Waals surface area contributed by atoms with E-state index in [1.165, 1.54) is 17.7 Å². The highest BCUT2D eigenvalue weighted by atomic mass is 79.9. The van der Waals surface area contributed by atoms with Gasteiger partial charge in [-0.25, -0.2) is 4.39 Å². The van der Waals surface area contributed by atoms with Gasteiger partial charge in [0.25, 0.3) is 0 Å². The van der Waals surface area contributed by atoms with E-state index in [9.17, 15) is 4.39 Å². The van der Waals surface area contributed by atoms with Crippen molar-refractivity contribution in [3.63, 3.8) is 0 Å². The number of rotatable bonds is 5. The maximum Gasteiger partial charge on any atom is 0.123 e. The molecular weight excluding hydrogens is 333 g/mol. The summed E-state index contributed by atoms with van der Waals surface area (Å²) in [5.41, 5.74) is 1.25. The summed E-state index contributed by atoms with van der Waals surface area (Å²) < 4.78 is 19.9. The summed E-state index contributed by atoms with van der Waals surface area (Å²) in [7, 11) is 0. The summed E-state index contributed by atoms with van der Waals surface area (Å²) in [6.07, 6.45) is 0.915. The molecular formula is C17H17BrFNO. The van der Waals surface area contributed by atoms with Crippen molar-refractivity contribution in [1.29, 1.82) is 0 Å². The normalized spacial score (nSPS) is 16.3. The van der Waals surface area contributed by atoms with E-state index in [0.717, 1.165) is 29.7 Å². The third-order valence-electron chi connectivity index (χ3n) is 4.03. The van der Waals surface area contributed by atoms with Gasteiger partial charge in [-0.2, -0.15) is 0 Å². The van der Waals surface area contributed by atoms with Crippen LogP contribution in [0.25, 0.3) is 0 Å². The lowest BCUT2D eigenvalue weighted by Gasteiger charge is -2.43. The van der Waals surface area contributed by atoms with Crippen molar-refractivity contribution in [3.05, 3.63) is 64.4 Å². The van der Waals surface area contributed by atoms with E-state index >= 15 is 0 Å². The van der Waals surface area contributed by atoms with Gasteiger partial charge in [0.2, 0.25) is 0 Å². The molecule has 2 aromatic carbocycles. The van der Waals surface area contributed by atoms with Gasteiger partial charge in [0.15, 0.2) is 0 Å². The van der Waals surface area contributed by atoms with Crippen LogP contribution in [0.2, 0.25) is 0 Å². The lowest BCUT2D eigenvalue weighted by Crippen LogP contribution is -2.57. The number of halogens is 2. The van der Waals surface area contributed by atoms with Crippen LogP contribution in [0, 0.1) is 5.82 Å². The second-order valence-electron chi connectivity index (χ2n) is 5.45. The molecule has 0 atom stereocenters. The molecule has 2 aromatic rings. The molecule has 21 heavy (non-hydrogen) atoms. The zero-order valence-electron chi connectivity index (χ0n) is 11.6. The van der Waals surface area contributed by atoms with Crippen molar-refractivity contribution in [1.82, 2.24) is 5.32 Å². The molecule has 0 radical (unpaired) electrons. The molecule has 1 saturated heterocycles. The van der Waals surface area contributed by atoms with Gasteiger partial charge in [0.1, 0.15) is 11.6 Å². The molecule has 2 nitrogen and oxygen atoms in total. The van der Waals surface area contributed by atoms with Gasteiger partial charge < -0.3 is 10.1 Å². The number of ether oxygens (including phenoxy) is 1. The van der Waals surface area contributed by atoms with Gasteiger partial charge >= 0.3 is 0 Å². The minimum Gasteiger partial charge on any atom is -0.494 e. The Balaban J connectivity index is 1.63. The molecule has 1 N–H and O–H groups in total. The van der Waals surface area contributed by atoms with E-state index < -0.39 is 0 Å². The van der Waals surface area contributed by atoms with E-state index in [-0.39, 0.29) is 11.2 Å². The van der Waals surface area contributed by atoms with Crippen molar-refractivity contribution in [2.75, 3.05) is 19.7 Å². The van der Waals surface area contributed by atoms with Gasteiger partial charge in [-0.1, -0.05) is 34.1 Å². The zero-order valence-corrected chi connectivity index (χ0v) is 13.2. The fourth-order valence-corrected chi connectivity index (χ4v) is 3.05. The molecule has 0 bridgehead atoms. The average molecular weight is 350 g/mol. The van der Waals surface area contributed by atoms with E-state index in [4.69, 9.17) is 4.74 Å². The smallest absolute Gasteiger partial charge is 0.123 e. The maximum absolute atomic E-state index is 13.1. The highest BCUT2D eigenvalue weighted by Gasteiger charge is 2.38. The van der Waals surface area contributed by atoms with E-state index in [0.29, 0.717) is 6.61 Å². The van der Waals surface area contributed by atoms with Crippen LogP contribution in [-0.4, -0.2) is 19.7 Å². The molecule has 1 fully saturated rings. The topological polar surface area (TPSA) is 21.3 Å². The molecule has 1 aliphatic rings. The molecule has 4 heteroatoms. The molecule has 0 aliphatic carbocycles. The van der Waals surface area contributed by atoms with Gasteiger partial charge in [-0.3, -0.25) is 0 Å². The van der Waals surface area contributed by atoms with Crippen LogP contribution >= 0.6 is 15.9 Å². The lowest BCUT2D eigenvalue weighted by molar-refractivity contribution is 0.199. The third-order valence-corrected chi connectivity index (χ3v) is 4.52. The Labute approximate surface area is 132 Å². The third kappa shape index (κ3) is 3.27. The average Bonchev–Trinajstić information content (AvgIpc) is 2.43. The molecule has 110 valence electrons. The SMILES string of the molecule is Fc1ccc(C2(CCOc3cccc(Br)c3)CNC2)cc1. The number of hydrogen-bond donors (Lipinski definition) is 1. The monoisotopic (exact) mass is 349 g/mol. The van der Waals surface area contributed by atoms with Gasteiger partial charge in [0, 0.05) is 23.0 Å². The second-order valence-corrected chi connectivity index (χ2v) is 6.36. The Kier molecular flexibility index (Phi) is 4.27. The van der Waals surface area contributed by atoms with Crippen molar-refractivity contribution in [2.24, 2.45) is 0 Å². The van der Waals surface area contributed by atoms with Crippen LogP contribution < -0.4 is 10.1 Å². The fraction of sp³-hybridized carbons (Fsp3) is 0.294. The molecule has 0 unspecified atom stereocenters. The largest absolute Gasteiger partial charge is 0.494 e. The highest BCUT2D eigenvalue weighted by molar-refractivity contribution is 9.10. The van der Waals surface area contributed by atoms with Gasteiger partial charge in [0.05, 0.1) is 6.61 Å². The van der Waals surface area contributed by atoms with Crippen molar-refractivity contribution in [2.45, 2.75) is 11.8 Å². The molecule has 0 aromatic heterocycles. The standard InChI is InChI=1S/C17H17BrFNO/c18-14-2-1-3-16(10-14)21-9-8-17(11-20-12-17)13-4-6-15(19)7-5-13/h1-7,10,20H,8-9,11-12H2. The van der Waals surface area contributed by atoms with Crippen molar-refractivity contribution < 1.29 is 9.13 Å². The summed E-state index contributed by atoms with van der Waals surface area (Å²) >= 11 is 3.44. The molecule has 0 saturated carbocycles. The number of hydrogen-bond acceptors (Lipinski definition) is 2. The predicted molar refractivity (Wildman–Crippen MR) is 85.2 cm³/mol. The van der Waals surface area contributed by atoms with Crippen LogP contribution in [0.1, 0.15) is 12.0 Å². The Bertz CT molecular complexity index is 610. The van der Waals surface area contributed by atoms with E-state index in [1.807, 2.05) is 36.4 Å². The Hall–Kier alpha value is -1.39. The quantitative estimate of drug-likeness (QED) is 0.883. The van der Waals surface area contributed by atoms with Crippen LogP contribution in [0.5, 0.6) is 5.75 Å². The zero-order chi connectivity index (χ0) is 14.7. The Morgan fingerprint density at radius 1 is 1.14 bits per heavy atom. The van der Waals surface area contributed by atoms with Crippen molar-refractivity contribution in [3.8, 4) is 5.75 Å². The molecule has 1 aliphatic heterocycles. The van der Waals surface area contributed by atoms with Gasteiger partial charge in [-0.05, 0) is 42.3 Å². The first-order valence-electron chi connectivity index (χ1n) is 7.03. The maximum atomic E-state index is 13.1. The molecule has 0 spiro atoms. The summed E-state index contributed by atoms with van der Waals surface area (Å²) in [6.45, 7) is 2.48. The summed E-state index contributed by atoms with van der Waals surface area (Å²) in [5.74, 6) is 0.678. The van der Waals surface area contributed by atoms with Gasteiger partial charge in [-0.15, -0.1) is 0 Å².